The van der Waals surface area contributed by atoms with E-state index in [9.17, 15) is 9.90 Å². The van der Waals surface area contributed by atoms with E-state index < -0.39 is 17.7 Å². The molecule has 1 aromatic heterocycles. The van der Waals surface area contributed by atoms with Gasteiger partial charge in [-0.15, -0.1) is 0 Å². The Morgan fingerprint density at radius 1 is 1.03 bits per heavy atom. The van der Waals surface area contributed by atoms with E-state index in [4.69, 9.17) is 16.6 Å². The van der Waals surface area contributed by atoms with Gasteiger partial charge in [0, 0.05) is 17.9 Å². The highest BCUT2D eigenvalue weighted by Crippen LogP contribution is 2.23. The van der Waals surface area contributed by atoms with Crippen molar-refractivity contribution in [2.45, 2.75) is 32.7 Å². The number of benzene rings is 2. The van der Waals surface area contributed by atoms with Crippen LogP contribution in [0.15, 0.2) is 66.5 Å². The van der Waals surface area contributed by atoms with Crippen molar-refractivity contribution in [3.8, 4) is 0 Å². The summed E-state index contributed by atoms with van der Waals surface area (Å²) in [5.74, 6) is -1.07. The highest BCUT2D eigenvalue weighted by molar-refractivity contribution is 5.98. The number of nitrogens with zero attached hydrogens (tertiary/aromatic N) is 1. The molecule has 7 nitrogen and oxygen atoms in total. The van der Waals surface area contributed by atoms with Crippen LogP contribution < -0.4 is 16.8 Å². The molecule has 3 aromatic rings. The minimum Gasteiger partial charge on any atom is -0.504 e. The number of rotatable bonds is 8. The summed E-state index contributed by atoms with van der Waals surface area (Å²) >= 11 is 0. The van der Waals surface area contributed by atoms with Crippen LogP contribution in [0.5, 0.6) is 0 Å². The molecule has 0 aliphatic rings. The van der Waals surface area contributed by atoms with Gasteiger partial charge in [-0.05, 0) is 61.1 Å². The zero-order chi connectivity index (χ0) is 24.0. The monoisotopic (exact) mass is 446 g/mol. The SMILES string of the molecule is Cc1ccc(Cc2cnc(/C(O)=C(\N)C(=O)NC(C)CO)c(Cc3ccc(N)cc3)c2)cc1. The lowest BCUT2D eigenvalue weighted by Gasteiger charge is -2.15. The summed E-state index contributed by atoms with van der Waals surface area (Å²) in [4.78, 5) is 16.8. The average Bonchev–Trinajstić information content (AvgIpc) is 2.81. The molecule has 2 aromatic carbocycles. The Bertz CT molecular complexity index is 1140. The van der Waals surface area contributed by atoms with E-state index in [0.29, 0.717) is 18.5 Å². The molecule has 0 saturated heterocycles. The number of aromatic nitrogens is 1. The predicted octanol–water partition coefficient (Wildman–Crippen LogP) is 2.84. The topological polar surface area (TPSA) is 134 Å². The van der Waals surface area contributed by atoms with E-state index in [2.05, 4.69) is 34.6 Å². The summed E-state index contributed by atoms with van der Waals surface area (Å²) in [7, 11) is 0. The summed E-state index contributed by atoms with van der Waals surface area (Å²) < 4.78 is 0. The molecule has 0 fully saturated rings. The molecule has 0 aliphatic heterocycles. The number of amides is 1. The van der Waals surface area contributed by atoms with E-state index in [-0.39, 0.29) is 18.0 Å². The zero-order valence-electron chi connectivity index (χ0n) is 18.9. The van der Waals surface area contributed by atoms with Crippen molar-refractivity contribution in [3.63, 3.8) is 0 Å². The molecule has 0 spiro atoms. The first-order valence-electron chi connectivity index (χ1n) is 10.8. The third-order valence-electron chi connectivity index (χ3n) is 5.30. The van der Waals surface area contributed by atoms with Gasteiger partial charge in [0.25, 0.3) is 5.91 Å². The lowest BCUT2D eigenvalue weighted by molar-refractivity contribution is -0.118. The number of anilines is 1. The average molecular weight is 447 g/mol. The Balaban J connectivity index is 1.98. The van der Waals surface area contributed by atoms with Crippen molar-refractivity contribution in [2.24, 2.45) is 5.73 Å². The standard InChI is InChI=1S/C26H30N4O3/c1-16-3-5-18(6-4-16)11-20-13-21(12-19-7-9-22(27)10-8-19)24(29-14-20)25(32)23(28)26(33)30-17(2)15-31/h3-10,13-14,17,31-32H,11-12,15,27-28H2,1-2H3,(H,30,33)/b25-23+. The van der Waals surface area contributed by atoms with Gasteiger partial charge in [-0.3, -0.25) is 9.78 Å². The van der Waals surface area contributed by atoms with Crippen LogP contribution in [-0.4, -0.2) is 33.8 Å². The second kappa shape index (κ2) is 10.7. The highest BCUT2D eigenvalue weighted by Gasteiger charge is 2.19. The molecule has 1 amide bonds. The van der Waals surface area contributed by atoms with Gasteiger partial charge in [-0.25, -0.2) is 0 Å². The van der Waals surface area contributed by atoms with Gasteiger partial charge >= 0.3 is 0 Å². The maximum Gasteiger partial charge on any atom is 0.271 e. The molecule has 1 unspecified atom stereocenters. The van der Waals surface area contributed by atoms with Gasteiger partial charge in [-0.1, -0.05) is 48.0 Å². The van der Waals surface area contributed by atoms with Crippen LogP contribution in [0, 0.1) is 6.92 Å². The molecule has 7 heteroatoms. The lowest BCUT2D eigenvalue weighted by Crippen LogP contribution is -2.38. The number of hydrogen-bond donors (Lipinski definition) is 5. The number of aryl methyl sites for hydroxylation is 1. The molecular weight excluding hydrogens is 416 g/mol. The first-order valence-corrected chi connectivity index (χ1v) is 10.8. The number of carbonyl (C=O) groups excluding carboxylic acids is 1. The second-order valence-electron chi connectivity index (χ2n) is 8.25. The van der Waals surface area contributed by atoms with Gasteiger partial charge in [0.15, 0.2) is 5.76 Å². The smallest absolute Gasteiger partial charge is 0.271 e. The minimum absolute atomic E-state index is 0.240. The Labute approximate surface area is 193 Å². The fourth-order valence-electron chi connectivity index (χ4n) is 3.38. The fraction of sp³-hybridized carbons (Fsp3) is 0.231. The number of carbonyl (C=O) groups is 1. The van der Waals surface area contributed by atoms with Crippen LogP contribution in [0.3, 0.4) is 0 Å². The van der Waals surface area contributed by atoms with Crippen molar-refractivity contribution >= 4 is 17.4 Å². The number of nitrogens with two attached hydrogens (primary N) is 2. The summed E-state index contributed by atoms with van der Waals surface area (Å²) in [5, 5.41) is 22.5. The number of hydrogen-bond acceptors (Lipinski definition) is 6. The van der Waals surface area contributed by atoms with Crippen LogP contribution in [0.25, 0.3) is 5.76 Å². The Morgan fingerprint density at radius 2 is 1.64 bits per heavy atom. The predicted molar refractivity (Wildman–Crippen MR) is 130 cm³/mol. The maximum atomic E-state index is 12.4. The van der Waals surface area contributed by atoms with Gasteiger partial charge in [-0.2, -0.15) is 0 Å². The number of nitrogens with one attached hydrogen (secondary N) is 1. The molecule has 3 rings (SSSR count). The van der Waals surface area contributed by atoms with E-state index in [0.717, 1.165) is 22.3 Å². The molecule has 1 heterocycles. The molecule has 7 N–H and O–H groups in total. The second-order valence-corrected chi connectivity index (χ2v) is 8.25. The molecule has 0 saturated carbocycles. The highest BCUT2D eigenvalue weighted by atomic mass is 16.3. The van der Waals surface area contributed by atoms with E-state index in [1.807, 2.05) is 37.3 Å². The Kier molecular flexibility index (Phi) is 7.69. The van der Waals surface area contributed by atoms with Crippen LogP contribution in [0.4, 0.5) is 5.69 Å². The first-order chi connectivity index (χ1) is 15.8. The molecule has 172 valence electrons. The van der Waals surface area contributed by atoms with Crippen molar-refractivity contribution in [1.82, 2.24) is 10.3 Å². The molecule has 0 bridgehead atoms. The fourth-order valence-corrected chi connectivity index (χ4v) is 3.38. The van der Waals surface area contributed by atoms with Crippen LogP contribution in [0.2, 0.25) is 0 Å². The normalized spacial score (nSPS) is 12.7. The summed E-state index contributed by atoms with van der Waals surface area (Å²) in [5.41, 5.74) is 17.3. The third kappa shape index (κ3) is 6.33. The van der Waals surface area contributed by atoms with Crippen LogP contribution in [0.1, 0.15) is 40.4 Å². The van der Waals surface area contributed by atoms with Gasteiger partial charge in [0.2, 0.25) is 0 Å². The number of aliphatic hydroxyl groups is 2. The van der Waals surface area contributed by atoms with E-state index in [1.165, 1.54) is 5.56 Å². The zero-order valence-corrected chi connectivity index (χ0v) is 18.9. The van der Waals surface area contributed by atoms with Crippen LogP contribution >= 0.6 is 0 Å². The van der Waals surface area contributed by atoms with E-state index in [1.54, 1.807) is 13.1 Å². The largest absolute Gasteiger partial charge is 0.504 e. The third-order valence-corrected chi connectivity index (χ3v) is 5.30. The Morgan fingerprint density at radius 3 is 2.27 bits per heavy atom. The maximum absolute atomic E-state index is 12.4. The summed E-state index contributed by atoms with van der Waals surface area (Å²) in [6.45, 7) is 3.43. The first kappa shape index (κ1) is 23.8. The van der Waals surface area contributed by atoms with Crippen molar-refractivity contribution < 1.29 is 15.0 Å². The summed E-state index contributed by atoms with van der Waals surface area (Å²) in [6, 6.07) is 17.2. The van der Waals surface area contributed by atoms with Crippen molar-refractivity contribution in [1.29, 1.82) is 0 Å². The van der Waals surface area contributed by atoms with Gasteiger partial charge in [0.05, 0.1) is 6.61 Å². The lowest BCUT2D eigenvalue weighted by atomic mass is 9.97. The summed E-state index contributed by atoms with van der Waals surface area (Å²) in [6.07, 6.45) is 2.83. The molecule has 0 aliphatic carbocycles. The number of nitrogen functional groups attached to an aromatic ring is 1. The minimum atomic E-state index is -0.669. The number of aliphatic hydroxyl groups excluding tert-OH is 2. The van der Waals surface area contributed by atoms with Gasteiger partial charge < -0.3 is 27.0 Å². The quantitative estimate of drug-likeness (QED) is 0.205. The molecular formula is C26H30N4O3. The Hall–Kier alpha value is -3.84. The van der Waals surface area contributed by atoms with Gasteiger partial charge in [0.1, 0.15) is 11.4 Å². The van der Waals surface area contributed by atoms with E-state index >= 15 is 0 Å². The molecule has 33 heavy (non-hydrogen) atoms. The molecule has 1 atom stereocenters. The number of pyridine rings is 1. The van der Waals surface area contributed by atoms with Crippen LogP contribution in [-0.2, 0) is 17.6 Å². The van der Waals surface area contributed by atoms with Crippen molar-refractivity contribution in [3.05, 3.63) is 100 Å². The van der Waals surface area contributed by atoms with Crippen molar-refractivity contribution in [2.75, 3.05) is 12.3 Å². The molecule has 0 radical (unpaired) electrons.